The minimum atomic E-state index is -0.812. The van der Waals surface area contributed by atoms with Crippen LogP contribution >= 0.6 is 0 Å². The molecule has 16 heavy (non-hydrogen) atoms. The predicted molar refractivity (Wildman–Crippen MR) is 49.5 cm³/mol. The molecule has 2 heterocycles. The molecule has 0 spiro atoms. The predicted octanol–water partition coefficient (Wildman–Crippen LogP) is -0.336. The number of amides is 1. The van der Waals surface area contributed by atoms with Crippen LogP contribution in [0.3, 0.4) is 0 Å². The highest BCUT2D eigenvalue weighted by Gasteiger charge is 2.11. The fraction of sp³-hybridized carbons (Fsp3) is 0.125. The van der Waals surface area contributed by atoms with Gasteiger partial charge in [-0.15, -0.1) is 10.2 Å². The van der Waals surface area contributed by atoms with Crippen molar-refractivity contribution in [2.45, 2.75) is 6.54 Å². The van der Waals surface area contributed by atoms with Crippen molar-refractivity contribution in [1.82, 2.24) is 30.9 Å². The minimum absolute atomic E-state index is 0.0731. The van der Waals surface area contributed by atoms with Gasteiger partial charge in [0.05, 0.1) is 12.1 Å². The molecule has 1 amide bonds. The van der Waals surface area contributed by atoms with Crippen molar-refractivity contribution in [2.24, 2.45) is 0 Å². The Morgan fingerprint density at radius 3 is 3.12 bits per heavy atom. The highest BCUT2D eigenvalue weighted by atomic mass is 19.1. The summed E-state index contributed by atoms with van der Waals surface area (Å²) in [5.41, 5.74) is -0.119. The number of rotatable bonds is 3. The first kappa shape index (κ1) is 10.1. The molecule has 2 aromatic rings. The highest BCUT2D eigenvalue weighted by molar-refractivity contribution is 5.93. The standard InChI is InChI=1S/C8H7FN6O/c9-7-5(2-1-3-10-7)8(16)11-4-6-12-14-15-13-6/h1-3H,4H2,(H,11,16)(H,12,13,14,15). The van der Waals surface area contributed by atoms with Gasteiger partial charge in [-0.25, -0.2) is 4.98 Å². The van der Waals surface area contributed by atoms with Gasteiger partial charge in [-0.3, -0.25) is 4.79 Å². The lowest BCUT2D eigenvalue weighted by atomic mass is 10.2. The summed E-state index contributed by atoms with van der Waals surface area (Å²) < 4.78 is 13.1. The topological polar surface area (TPSA) is 96.5 Å². The van der Waals surface area contributed by atoms with E-state index in [1.54, 1.807) is 0 Å². The summed E-state index contributed by atoms with van der Waals surface area (Å²) in [6, 6.07) is 2.82. The number of H-pyrrole nitrogens is 1. The fourth-order valence-electron chi connectivity index (χ4n) is 1.07. The second-order valence-electron chi connectivity index (χ2n) is 2.85. The Hall–Kier alpha value is -2.38. The van der Waals surface area contributed by atoms with E-state index in [2.05, 4.69) is 30.9 Å². The molecule has 0 bridgehead atoms. The fourth-order valence-corrected chi connectivity index (χ4v) is 1.07. The average Bonchev–Trinajstić information content (AvgIpc) is 2.79. The third-order valence-corrected chi connectivity index (χ3v) is 1.80. The number of pyridine rings is 1. The summed E-state index contributed by atoms with van der Waals surface area (Å²) in [6.45, 7) is 0.0731. The van der Waals surface area contributed by atoms with Gasteiger partial charge >= 0.3 is 0 Å². The quantitative estimate of drug-likeness (QED) is 0.693. The summed E-state index contributed by atoms with van der Waals surface area (Å²) in [5.74, 6) is -1.07. The van der Waals surface area contributed by atoms with Crippen molar-refractivity contribution in [2.75, 3.05) is 0 Å². The summed E-state index contributed by atoms with van der Waals surface area (Å²) >= 11 is 0. The molecule has 2 N–H and O–H groups in total. The maximum atomic E-state index is 13.1. The molecule has 2 aromatic heterocycles. The van der Waals surface area contributed by atoms with Crippen molar-refractivity contribution in [1.29, 1.82) is 0 Å². The van der Waals surface area contributed by atoms with E-state index in [-0.39, 0.29) is 12.1 Å². The first-order chi connectivity index (χ1) is 7.77. The first-order valence-corrected chi connectivity index (χ1v) is 4.38. The van der Waals surface area contributed by atoms with Crippen LogP contribution in [0, 0.1) is 5.95 Å². The number of tetrazole rings is 1. The normalized spacial score (nSPS) is 10.1. The van der Waals surface area contributed by atoms with Crippen LogP contribution in [0.2, 0.25) is 0 Å². The third-order valence-electron chi connectivity index (χ3n) is 1.80. The second-order valence-corrected chi connectivity index (χ2v) is 2.85. The molecule has 8 heteroatoms. The lowest BCUT2D eigenvalue weighted by molar-refractivity contribution is 0.0945. The Morgan fingerprint density at radius 1 is 1.56 bits per heavy atom. The minimum Gasteiger partial charge on any atom is -0.344 e. The van der Waals surface area contributed by atoms with Crippen molar-refractivity contribution in [3.63, 3.8) is 0 Å². The van der Waals surface area contributed by atoms with E-state index in [9.17, 15) is 9.18 Å². The lowest BCUT2D eigenvalue weighted by Gasteiger charge is -2.02. The number of carbonyl (C=O) groups is 1. The van der Waals surface area contributed by atoms with Gasteiger partial charge in [0.1, 0.15) is 0 Å². The smallest absolute Gasteiger partial charge is 0.256 e. The second kappa shape index (κ2) is 4.43. The van der Waals surface area contributed by atoms with Crippen LogP contribution in [0.15, 0.2) is 18.3 Å². The maximum absolute atomic E-state index is 13.1. The summed E-state index contributed by atoms with van der Waals surface area (Å²) in [7, 11) is 0. The molecule has 0 saturated heterocycles. The molecule has 0 fully saturated rings. The number of hydrogen-bond donors (Lipinski definition) is 2. The van der Waals surface area contributed by atoms with Crippen molar-refractivity contribution in [3.05, 3.63) is 35.7 Å². The molecule has 0 aliphatic heterocycles. The van der Waals surface area contributed by atoms with Gasteiger partial charge < -0.3 is 5.32 Å². The van der Waals surface area contributed by atoms with Crippen molar-refractivity contribution >= 4 is 5.91 Å². The Balaban J connectivity index is 2.01. The monoisotopic (exact) mass is 222 g/mol. The number of carbonyl (C=O) groups excluding carboxylic acids is 1. The molecule has 0 aromatic carbocycles. The van der Waals surface area contributed by atoms with Crippen molar-refractivity contribution < 1.29 is 9.18 Å². The third kappa shape index (κ3) is 2.16. The largest absolute Gasteiger partial charge is 0.344 e. The Labute approximate surface area is 89.1 Å². The van der Waals surface area contributed by atoms with Crippen LogP contribution in [-0.2, 0) is 6.54 Å². The Bertz CT molecular complexity index is 485. The molecular weight excluding hydrogens is 215 g/mol. The molecule has 0 aliphatic rings. The number of aromatic amines is 1. The van der Waals surface area contributed by atoms with Gasteiger partial charge in [0, 0.05) is 6.20 Å². The lowest BCUT2D eigenvalue weighted by Crippen LogP contribution is -2.24. The zero-order chi connectivity index (χ0) is 11.4. The van der Waals surface area contributed by atoms with Gasteiger partial charge in [0.25, 0.3) is 5.91 Å². The zero-order valence-corrected chi connectivity index (χ0v) is 8.01. The average molecular weight is 222 g/mol. The number of nitrogens with zero attached hydrogens (tertiary/aromatic N) is 4. The first-order valence-electron chi connectivity index (χ1n) is 4.38. The molecule has 0 atom stereocenters. The van der Waals surface area contributed by atoms with E-state index >= 15 is 0 Å². The van der Waals surface area contributed by atoms with Gasteiger partial charge in [-0.1, -0.05) is 5.21 Å². The van der Waals surface area contributed by atoms with Gasteiger partial charge in [0.15, 0.2) is 5.82 Å². The molecule has 82 valence electrons. The van der Waals surface area contributed by atoms with E-state index in [4.69, 9.17) is 0 Å². The molecular formula is C8H7FN6O. The Kier molecular flexibility index (Phi) is 2.81. The molecule has 0 radical (unpaired) electrons. The summed E-state index contributed by atoms with van der Waals surface area (Å²) in [6.07, 6.45) is 1.27. The molecule has 0 unspecified atom stereocenters. The van der Waals surface area contributed by atoms with Gasteiger partial charge in [0.2, 0.25) is 5.95 Å². The van der Waals surface area contributed by atoms with Crippen LogP contribution < -0.4 is 5.32 Å². The molecule has 2 rings (SSSR count). The van der Waals surface area contributed by atoms with Crippen LogP contribution in [0.25, 0.3) is 0 Å². The molecule has 0 aliphatic carbocycles. The van der Waals surface area contributed by atoms with Gasteiger partial charge in [-0.2, -0.15) is 9.60 Å². The Morgan fingerprint density at radius 2 is 2.44 bits per heavy atom. The molecule has 7 nitrogen and oxygen atoms in total. The van der Waals surface area contributed by atoms with Crippen LogP contribution in [-0.4, -0.2) is 31.5 Å². The van der Waals surface area contributed by atoms with Crippen molar-refractivity contribution in [3.8, 4) is 0 Å². The number of aromatic nitrogens is 5. The summed E-state index contributed by atoms with van der Waals surface area (Å²) in [4.78, 5) is 14.9. The maximum Gasteiger partial charge on any atom is 0.256 e. The van der Waals surface area contributed by atoms with E-state index in [1.807, 2.05) is 0 Å². The molecule has 0 saturated carbocycles. The zero-order valence-electron chi connectivity index (χ0n) is 8.01. The van der Waals surface area contributed by atoms with Crippen LogP contribution in [0.5, 0.6) is 0 Å². The van der Waals surface area contributed by atoms with E-state index in [0.717, 1.165) is 0 Å². The number of hydrogen-bond acceptors (Lipinski definition) is 5. The number of nitrogens with one attached hydrogen (secondary N) is 2. The van der Waals surface area contributed by atoms with Gasteiger partial charge in [-0.05, 0) is 12.1 Å². The van der Waals surface area contributed by atoms with E-state index < -0.39 is 11.9 Å². The van der Waals surface area contributed by atoms with Crippen LogP contribution in [0.4, 0.5) is 4.39 Å². The highest BCUT2D eigenvalue weighted by Crippen LogP contribution is 2.02. The number of halogens is 1. The van der Waals surface area contributed by atoms with E-state index in [1.165, 1.54) is 18.3 Å². The SMILES string of the molecule is O=C(NCc1nn[nH]n1)c1cccnc1F. The van der Waals surface area contributed by atoms with Crippen LogP contribution in [0.1, 0.15) is 16.2 Å². The van der Waals surface area contributed by atoms with E-state index in [0.29, 0.717) is 5.82 Å². The summed E-state index contributed by atoms with van der Waals surface area (Å²) in [5, 5.41) is 15.3.